The highest BCUT2D eigenvalue weighted by molar-refractivity contribution is 5.85. The summed E-state index contributed by atoms with van der Waals surface area (Å²) in [5, 5.41) is 21.9. The number of carboxylic acids is 2. The average Bonchev–Trinajstić information content (AvgIpc) is 2.23. The number of carbonyl (C=O) groups is 3. The first kappa shape index (κ1) is 14.9. The summed E-state index contributed by atoms with van der Waals surface area (Å²) in [4.78, 5) is 32.2. The minimum Gasteiger partial charge on any atom is -0.481 e. The molecule has 0 aliphatic rings. The molecule has 0 aliphatic carbocycles. The minimum atomic E-state index is -1.27. The van der Waals surface area contributed by atoms with Crippen LogP contribution in [0.1, 0.15) is 12.8 Å². The molecule has 0 heterocycles. The van der Waals surface area contributed by atoms with Gasteiger partial charge in [-0.15, -0.1) is 6.42 Å². The minimum absolute atomic E-state index is 0.110. The van der Waals surface area contributed by atoms with E-state index in [2.05, 4.69) is 16.6 Å². The van der Waals surface area contributed by atoms with Crippen molar-refractivity contribution in [2.75, 3.05) is 13.1 Å². The van der Waals surface area contributed by atoms with Gasteiger partial charge in [-0.05, 0) is 6.42 Å². The lowest BCUT2D eigenvalue weighted by atomic mass is 10.1. The Morgan fingerprint density at radius 1 is 1.29 bits per heavy atom. The van der Waals surface area contributed by atoms with Crippen molar-refractivity contribution in [1.82, 2.24) is 10.6 Å². The third-order valence-electron chi connectivity index (χ3n) is 1.79. The van der Waals surface area contributed by atoms with Crippen molar-refractivity contribution in [3.8, 4) is 12.3 Å². The summed E-state index contributed by atoms with van der Waals surface area (Å²) >= 11 is 0. The third kappa shape index (κ3) is 7.81. The van der Waals surface area contributed by atoms with Crippen LogP contribution in [0.4, 0.5) is 0 Å². The molecule has 4 N–H and O–H groups in total. The molecule has 1 atom stereocenters. The molecule has 17 heavy (non-hydrogen) atoms. The summed E-state index contributed by atoms with van der Waals surface area (Å²) in [6, 6.07) is -1.20. The van der Waals surface area contributed by atoms with Crippen LogP contribution in [0, 0.1) is 12.3 Å². The fourth-order valence-electron chi connectivity index (χ4n) is 1.02. The molecule has 0 aliphatic heterocycles. The van der Waals surface area contributed by atoms with Gasteiger partial charge in [-0.3, -0.25) is 14.9 Å². The first-order valence-electron chi connectivity index (χ1n) is 4.85. The molecule has 0 radical (unpaired) electrons. The standard InChI is InChI=1S/C10H14N2O5/c1-2-5-11-6-8(13)12-7(10(16)17)3-4-9(14)15/h1,7,11H,3-6H2,(H,12,13)(H,14,15)(H,16,17). The average molecular weight is 242 g/mol. The number of hydrogen-bond donors (Lipinski definition) is 4. The van der Waals surface area contributed by atoms with Crippen LogP contribution in [0.5, 0.6) is 0 Å². The van der Waals surface area contributed by atoms with Crippen LogP contribution in [0.15, 0.2) is 0 Å². The lowest BCUT2D eigenvalue weighted by Gasteiger charge is -2.13. The topological polar surface area (TPSA) is 116 Å². The molecule has 7 heteroatoms. The number of amides is 1. The maximum absolute atomic E-state index is 11.2. The molecule has 1 amide bonds. The first-order valence-corrected chi connectivity index (χ1v) is 4.85. The highest BCUT2D eigenvalue weighted by Crippen LogP contribution is 1.97. The number of aliphatic carboxylic acids is 2. The monoisotopic (exact) mass is 242 g/mol. The number of rotatable bonds is 8. The summed E-state index contributed by atoms with van der Waals surface area (Å²) in [6.45, 7) is 0.0847. The molecule has 0 rings (SSSR count). The molecule has 0 spiro atoms. The summed E-state index contributed by atoms with van der Waals surface area (Å²) in [5.74, 6) is -0.671. The molecule has 0 aromatic carbocycles. The highest BCUT2D eigenvalue weighted by Gasteiger charge is 2.20. The van der Waals surface area contributed by atoms with Gasteiger partial charge in [-0.2, -0.15) is 0 Å². The van der Waals surface area contributed by atoms with Crippen LogP contribution in [0.3, 0.4) is 0 Å². The van der Waals surface area contributed by atoms with Gasteiger partial charge in [0.2, 0.25) is 5.91 Å². The lowest BCUT2D eigenvalue weighted by Crippen LogP contribution is -2.44. The van der Waals surface area contributed by atoms with Gasteiger partial charge in [0.15, 0.2) is 0 Å². The predicted octanol–water partition coefficient (Wildman–Crippen LogP) is -1.36. The smallest absolute Gasteiger partial charge is 0.326 e. The fraction of sp³-hybridized carbons (Fsp3) is 0.500. The number of carbonyl (C=O) groups excluding carboxylic acids is 1. The van der Waals surface area contributed by atoms with Gasteiger partial charge in [-0.1, -0.05) is 5.92 Å². The number of hydrogen-bond acceptors (Lipinski definition) is 4. The second kappa shape index (κ2) is 8.13. The molecular weight excluding hydrogens is 228 g/mol. The Bertz CT molecular complexity index is 334. The van der Waals surface area contributed by atoms with E-state index in [0.29, 0.717) is 0 Å². The van der Waals surface area contributed by atoms with E-state index in [1.165, 1.54) is 0 Å². The molecule has 0 bridgehead atoms. The maximum Gasteiger partial charge on any atom is 0.326 e. The lowest BCUT2D eigenvalue weighted by molar-refractivity contribution is -0.142. The van der Waals surface area contributed by atoms with Crippen LogP contribution in [-0.4, -0.2) is 47.2 Å². The third-order valence-corrected chi connectivity index (χ3v) is 1.79. The number of nitrogens with one attached hydrogen (secondary N) is 2. The van der Waals surface area contributed by atoms with Crippen molar-refractivity contribution in [3.05, 3.63) is 0 Å². The van der Waals surface area contributed by atoms with Crippen molar-refractivity contribution in [2.45, 2.75) is 18.9 Å². The van der Waals surface area contributed by atoms with E-state index in [9.17, 15) is 14.4 Å². The fourth-order valence-corrected chi connectivity index (χ4v) is 1.02. The summed E-state index contributed by atoms with van der Waals surface area (Å²) in [7, 11) is 0. The Morgan fingerprint density at radius 3 is 2.41 bits per heavy atom. The second-order valence-electron chi connectivity index (χ2n) is 3.20. The molecular formula is C10H14N2O5. The Morgan fingerprint density at radius 2 is 1.94 bits per heavy atom. The van der Waals surface area contributed by atoms with Crippen LogP contribution >= 0.6 is 0 Å². The molecule has 7 nitrogen and oxygen atoms in total. The zero-order valence-electron chi connectivity index (χ0n) is 9.10. The number of carboxylic acid groups (broad SMARTS) is 2. The SMILES string of the molecule is C#CCNCC(=O)NC(CCC(=O)O)C(=O)O. The summed E-state index contributed by atoms with van der Waals surface area (Å²) in [5.41, 5.74) is 0. The molecule has 1 unspecified atom stereocenters. The Hall–Kier alpha value is -2.07. The second-order valence-corrected chi connectivity index (χ2v) is 3.20. The zero-order chi connectivity index (χ0) is 13.3. The first-order chi connectivity index (χ1) is 7.97. The van der Waals surface area contributed by atoms with Gasteiger partial charge in [0.05, 0.1) is 13.1 Å². The van der Waals surface area contributed by atoms with E-state index in [1.54, 1.807) is 0 Å². The Labute approximate surface area is 98.2 Å². The Balaban J connectivity index is 4.07. The quantitative estimate of drug-likeness (QED) is 0.309. The predicted molar refractivity (Wildman–Crippen MR) is 58.1 cm³/mol. The largest absolute Gasteiger partial charge is 0.481 e. The van der Waals surface area contributed by atoms with E-state index in [0.717, 1.165) is 0 Å². The molecule has 0 saturated carbocycles. The van der Waals surface area contributed by atoms with Gasteiger partial charge in [0.1, 0.15) is 6.04 Å². The van der Waals surface area contributed by atoms with E-state index in [1.807, 2.05) is 0 Å². The molecule has 0 aromatic heterocycles. The van der Waals surface area contributed by atoms with E-state index in [4.69, 9.17) is 16.6 Å². The van der Waals surface area contributed by atoms with Crippen molar-refractivity contribution in [2.24, 2.45) is 0 Å². The summed E-state index contributed by atoms with van der Waals surface area (Å²) in [6.07, 6.45) is 4.46. The van der Waals surface area contributed by atoms with Gasteiger partial charge in [0, 0.05) is 6.42 Å². The van der Waals surface area contributed by atoms with Gasteiger partial charge >= 0.3 is 11.9 Å². The van der Waals surface area contributed by atoms with Crippen LogP contribution in [0.25, 0.3) is 0 Å². The zero-order valence-corrected chi connectivity index (χ0v) is 9.10. The van der Waals surface area contributed by atoms with Crippen molar-refractivity contribution in [3.63, 3.8) is 0 Å². The molecule has 0 saturated heterocycles. The van der Waals surface area contributed by atoms with Gasteiger partial charge < -0.3 is 15.5 Å². The van der Waals surface area contributed by atoms with Crippen LogP contribution < -0.4 is 10.6 Å². The molecule has 0 fully saturated rings. The Kier molecular flexibility index (Phi) is 7.14. The molecule has 94 valence electrons. The molecule has 0 aromatic rings. The van der Waals surface area contributed by atoms with Crippen LogP contribution in [-0.2, 0) is 14.4 Å². The van der Waals surface area contributed by atoms with Crippen molar-refractivity contribution < 1.29 is 24.6 Å². The maximum atomic E-state index is 11.2. The van der Waals surface area contributed by atoms with E-state index in [-0.39, 0.29) is 25.9 Å². The van der Waals surface area contributed by atoms with Gasteiger partial charge in [-0.25, -0.2) is 4.79 Å². The number of terminal acetylenes is 1. The van der Waals surface area contributed by atoms with E-state index < -0.39 is 23.9 Å². The normalized spacial score (nSPS) is 11.2. The van der Waals surface area contributed by atoms with Crippen LogP contribution in [0.2, 0.25) is 0 Å². The van der Waals surface area contributed by atoms with Gasteiger partial charge in [0.25, 0.3) is 0 Å². The van der Waals surface area contributed by atoms with Crippen molar-refractivity contribution in [1.29, 1.82) is 0 Å². The van der Waals surface area contributed by atoms with Crippen molar-refractivity contribution >= 4 is 17.8 Å². The highest BCUT2D eigenvalue weighted by atomic mass is 16.4. The summed E-state index contributed by atoms with van der Waals surface area (Å²) < 4.78 is 0. The van der Waals surface area contributed by atoms with E-state index >= 15 is 0 Å².